The van der Waals surface area contributed by atoms with Gasteiger partial charge in [-0.2, -0.15) is 0 Å². The van der Waals surface area contributed by atoms with E-state index in [1.54, 1.807) is 6.92 Å². The molecule has 2 aromatic rings. The van der Waals surface area contributed by atoms with Crippen LogP contribution in [0.5, 0.6) is 0 Å². The van der Waals surface area contributed by atoms with Gasteiger partial charge in [0, 0.05) is 23.7 Å². The van der Waals surface area contributed by atoms with Crippen LogP contribution in [0.2, 0.25) is 0 Å². The minimum absolute atomic E-state index is 0.114. The summed E-state index contributed by atoms with van der Waals surface area (Å²) in [7, 11) is 2.68. The quantitative estimate of drug-likeness (QED) is 0.535. The highest BCUT2D eigenvalue weighted by Crippen LogP contribution is 2.27. The Kier molecular flexibility index (Phi) is 7.82. The van der Waals surface area contributed by atoms with E-state index in [2.05, 4.69) is 15.6 Å². The average molecular weight is 403 g/mol. The summed E-state index contributed by atoms with van der Waals surface area (Å²) in [5.74, 6) is -0.570. The first-order chi connectivity index (χ1) is 13.9. The molecule has 154 valence electrons. The number of carbonyl (C=O) groups is 1. The zero-order valence-electron chi connectivity index (χ0n) is 16.7. The van der Waals surface area contributed by atoms with Crippen LogP contribution >= 0.6 is 0 Å². The van der Waals surface area contributed by atoms with Gasteiger partial charge < -0.3 is 15.0 Å². The van der Waals surface area contributed by atoms with E-state index in [9.17, 15) is 13.6 Å². The SMILES string of the molecule is CNC(=O)/C(=N/OC)c1cccc(C(F)F)c1CO/N=C(\C)c1cccc(C)c1. The molecule has 0 saturated heterocycles. The lowest BCUT2D eigenvalue weighted by atomic mass is 9.97. The number of rotatable bonds is 8. The van der Waals surface area contributed by atoms with Crippen molar-refractivity contribution >= 4 is 17.3 Å². The van der Waals surface area contributed by atoms with Crippen molar-refractivity contribution in [2.75, 3.05) is 14.2 Å². The summed E-state index contributed by atoms with van der Waals surface area (Å²) in [5.41, 5.74) is 2.43. The van der Waals surface area contributed by atoms with E-state index >= 15 is 0 Å². The van der Waals surface area contributed by atoms with E-state index in [4.69, 9.17) is 9.68 Å². The number of likely N-dealkylation sites (N-methyl/N-ethyl adjacent to an activating group) is 1. The van der Waals surface area contributed by atoms with Crippen LogP contribution in [0.4, 0.5) is 8.78 Å². The molecule has 6 nitrogen and oxygen atoms in total. The van der Waals surface area contributed by atoms with Crippen molar-refractivity contribution in [2.45, 2.75) is 26.9 Å². The van der Waals surface area contributed by atoms with Gasteiger partial charge in [-0.05, 0) is 19.4 Å². The van der Waals surface area contributed by atoms with Crippen LogP contribution in [0.3, 0.4) is 0 Å². The lowest BCUT2D eigenvalue weighted by Crippen LogP contribution is -2.29. The largest absolute Gasteiger partial charge is 0.398 e. The molecule has 0 bridgehead atoms. The second kappa shape index (κ2) is 10.3. The highest BCUT2D eigenvalue weighted by molar-refractivity contribution is 6.45. The van der Waals surface area contributed by atoms with Gasteiger partial charge in [0.15, 0.2) is 5.71 Å². The molecular formula is C21H23F2N3O3. The van der Waals surface area contributed by atoms with E-state index < -0.39 is 12.3 Å². The fourth-order valence-electron chi connectivity index (χ4n) is 2.73. The Morgan fingerprint density at radius 1 is 1.17 bits per heavy atom. The van der Waals surface area contributed by atoms with Crippen LogP contribution < -0.4 is 5.32 Å². The molecule has 0 heterocycles. The fourth-order valence-corrected chi connectivity index (χ4v) is 2.73. The highest BCUT2D eigenvalue weighted by atomic mass is 19.3. The van der Waals surface area contributed by atoms with Crippen molar-refractivity contribution in [1.29, 1.82) is 0 Å². The summed E-state index contributed by atoms with van der Waals surface area (Å²) in [4.78, 5) is 22.3. The Hall–Kier alpha value is -3.29. The second-order valence-electron chi connectivity index (χ2n) is 6.20. The van der Waals surface area contributed by atoms with Gasteiger partial charge in [-0.1, -0.05) is 58.3 Å². The molecule has 0 aliphatic carbocycles. The van der Waals surface area contributed by atoms with Crippen LogP contribution in [-0.4, -0.2) is 31.5 Å². The molecule has 2 aromatic carbocycles. The van der Waals surface area contributed by atoms with Crippen molar-refractivity contribution in [3.05, 3.63) is 70.3 Å². The van der Waals surface area contributed by atoms with Crippen molar-refractivity contribution in [3.8, 4) is 0 Å². The Bertz CT molecular complexity index is 927. The fraction of sp³-hybridized carbons (Fsp3) is 0.286. The third kappa shape index (κ3) is 5.60. The Morgan fingerprint density at radius 2 is 1.90 bits per heavy atom. The predicted octanol–water partition coefficient (Wildman–Crippen LogP) is 3.97. The molecule has 0 unspecified atom stereocenters. The first kappa shape index (κ1) is 22.0. The number of halogens is 2. The van der Waals surface area contributed by atoms with Gasteiger partial charge in [0.05, 0.1) is 5.71 Å². The standard InChI is InChI=1S/C21H23F2N3O3/c1-13-7-5-8-15(11-13)14(2)25-29-12-18-16(9-6-10-17(18)20(22)23)19(26-28-4)21(27)24-3/h5-11,20H,12H2,1-4H3,(H,24,27)/b25-14+,26-19+. The van der Waals surface area contributed by atoms with E-state index in [1.165, 1.54) is 32.4 Å². The molecule has 29 heavy (non-hydrogen) atoms. The predicted molar refractivity (Wildman–Crippen MR) is 107 cm³/mol. The molecule has 0 fully saturated rings. The molecule has 0 radical (unpaired) electrons. The van der Waals surface area contributed by atoms with Crippen molar-refractivity contribution in [3.63, 3.8) is 0 Å². The van der Waals surface area contributed by atoms with Gasteiger partial charge in [0.2, 0.25) is 0 Å². The smallest absolute Gasteiger partial charge is 0.273 e. The number of aryl methyl sites for hydroxylation is 1. The number of alkyl halides is 2. The molecule has 1 N–H and O–H groups in total. The van der Waals surface area contributed by atoms with Gasteiger partial charge in [-0.15, -0.1) is 0 Å². The van der Waals surface area contributed by atoms with Crippen molar-refractivity contribution < 1.29 is 23.3 Å². The topological polar surface area (TPSA) is 72.3 Å². The van der Waals surface area contributed by atoms with Gasteiger partial charge in [-0.3, -0.25) is 4.79 Å². The summed E-state index contributed by atoms with van der Waals surface area (Å²) < 4.78 is 27.1. The Morgan fingerprint density at radius 3 is 2.52 bits per heavy atom. The molecule has 0 atom stereocenters. The van der Waals surface area contributed by atoms with Gasteiger partial charge >= 0.3 is 0 Å². The molecule has 0 aliphatic heterocycles. The van der Waals surface area contributed by atoms with Crippen LogP contribution in [0.1, 0.15) is 41.2 Å². The summed E-state index contributed by atoms with van der Waals surface area (Å²) in [6.45, 7) is 3.45. The molecule has 2 rings (SSSR count). The number of carbonyl (C=O) groups excluding carboxylic acids is 1. The normalized spacial score (nSPS) is 12.1. The van der Waals surface area contributed by atoms with Crippen molar-refractivity contribution in [1.82, 2.24) is 5.32 Å². The molecule has 0 saturated carbocycles. The summed E-state index contributed by atoms with van der Waals surface area (Å²) in [6, 6.07) is 11.9. The lowest BCUT2D eigenvalue weighted by Gasteiger charge is -2.14. The second-order valence-corrected chi connectivity index (χ2v) is 6.20. The average Bonchev–Trinajstić information content (AvgIpc) is 2.71. The maximum Gasteiger partial charge on any atom is 0.273 e. The van der Waals surface area contributed by atoms with Gasteiger partial charge in [0.1, 0.15) is 13.7 Å². The summed E-state index contributed by atoms with van der Waals surface area (Å²) in [5, 5.41) is 10.2. The number of benzene rings is 2. The molecule has 0 aliphatic rings. The minimum Gasteiger partial charge on any atom is -0.398 e. The van der Waals surface area contributed by atoms with Crippen molar-refractivity contribution in [2.24, 2.45) is 10.3 Å². The highest BCUT2D eigenvalue weighted by Gasteiger charge is 2.23. The van der Waals surface area contributed by atoms with E-state index in [1.807, 2.05) is 31.2 Å². The molecular weight excluding hydrogens is 380 g/mol. The number of nitrogens with zero attached hydrogens (tertiary/aromatic N) is 2. The minimum atomic E-state index is -2.76. The van der Waals surface area contributed by atoms with Gasteiger partial charge in [0.25, 0.3) is 12.3 Å². The lowest BCUT2D eigenvalue weighted by molar-refractivity contribution is -0.114. The third-order valence-electron chi connectivity index (χ3n) is 4.17. The Labute approximate surface area is 168 Å². The number of hydrogen-bond donors (Lipinski definition) is 1. The van der Waals surface area contributed by atoms with Crippen LogP contribution in [-0.2, 0) is 21.1 Å². The zero-order valence-corrected chi connectivity index (χ0v) is 16.7. The van der Waals surface area contributed by atoms with E-state index in [0.717, 1.165) is 11.1 Å². The maximum absolute atomic E-state index is 13.6. The Balaban J connectivity index is 2.38. The first-order valence-corrected chi connectivity index (χ1v) is 8.86. The third-order valence-corrected chi connectivity index (χ3v) is 4.17. The summed E-state index contributed by atoms with van der Waals surface area (Å²) >= 11 is 0. The molecule has 1 amide bonds. The zero-order chi connectivity index (χ0) is 21.4. The number of hydrogen-bond acceptors (Lipinski definition) is 5. The molecule has 8 heteroatoms. The maximum atomic E-state index is 13.6. The molecule has 0 aromatic heterocycles. The summed E-state index contributed by atoms with van der Waals surface area (Å²) in [6.07, 6.45) is -2.76. The number of oxime groups is 2. The van der Waals surface area contributed by atoms with Crippen LogP contribution in [0.15, 0.2) is 52.8 Å². The van der Waals surface area contributed by atoms with E-state index in [-0.39, 0.29) is 29.0 Å². The first-order valence-electron chi connectivity index (χ1n) is 8.86. The van der Waals surface area contributed by atoms with E-state index in [0.29, 0.717) is 5.71 Å². The molecule has 0 spiro atoms. The van der Waals surface area contributed by atoms with Crippen LogP contribution in [0, 0.1) is 6.92 Å². The number of amides is 1. The van der Waals surface area contributed by atoms with Crippen LogP contribution in [0.25, 0.3) is 0 Å². The van der Waals surface area contributed by atoms with Gasteiger partial charge in [-0.25, -0.2) is 8.78 Å². The monoisotopic (exact) mass is 403 g/mol. The number of nitrogens with one attached hydrogen (secondary N) is 1.